The molecule has 1 N–H and O–H groups in total. The topological polar surface area (TPSA) is 44.3 Å². The average Bonchev–Trinajstić information content (AvgIpc) is 2.48. The Labute approximate surface area is 122 Å². The summed E-state index contributed by atoms with van der Waals surface area (Å²) in [5.41, 5.74) is 1.01. The fourth-order valence-corrected chi connectivity index (χ4v) is 2.60. The fraction of sp³-hybridized carbons (Fsp3) is 0.733. The Morgan fingerprint density at radius 3 is 2.65 bits per heavy atom. The average molecular weight is 277 g/mol. The molecule has 0 bridgehead atoms. The molecule has 0 unspecified atom stereocenters. The zero-order valence-electron chi connectivity index (χ0n) is 13.0. The molecule has 5 heteroatoms. The van der Waals surface area contributed by atoms with Gasteiger partial charge in [0, 0.05) is 19.6 Å². The normalized spacial score (nSPS) is 17.4. The van der Waals surface area contributed by atoms with Gasteiger partial charge in [0.1, 0.15) is 0 Å². The van der Waals surface area contributed by atoms with Gasteiger partial charge in [-0.1, -0.05) is 6.92 Å². The van der Waals surface area contributed by atoms with E-state index in [1.165, 1.54) is 25.9 Å². The van der Waals surface area contributed by atoms with Crippen LogP contribution in [0.4, 0.5) is 5.82 Å². The lowest BCUT2D eigenvalue weighted by Gasteiger charge is -2.35. The molecular formula is C15H27N5. The van der Waals surface area contributed by atoms with E-state index in [9.17, 15) is 0 Å². The van der Waals surface area contributed by atoms with Crippen LogP contribution in [0, 0.1) is 0 Å². The van der Waals surface area contributed by atoms with Gasteiger partial charge in [0.2, 0.25) is 0 Å². The van der Waals surface area contributed by atoms with Crippen molar-refractivity contribution in [3.8, 4) is 0 Å². The minimum Gasteiger partial charge on any atom is -0.355 e. The molecule has 20 heavy (non-hydrogen) atoms. The summed E-state index contributed by atoms with van der Waals surface area (Å²) in [6.07, 6.45) is 3.55. The van der Waals surface area contributed by atoms with E-state index in [1.807, 2.05) is 0 Å². The van der Waals surface area contributed by atoms with Crippen molar-refractivity contribution in [3.05, 3.63) is 17.8 Å². The number of nitrogens with zero attached hydrogens (tertiary/aromatic N) is 4. The molecule has 1 saturated heterocycles. The van der Waals surface area contributed by atoms with Crippen LogP contribution in [-0.4, -0.2) is 54.9 Å². The predicted molar refractivity (Wildman–Crippen MR) is 83.0 cm³/mol. The van der Waals surface area contributed by atoms with Crippen molar-refractivity contribution < 1.29 is 0 Å². The lowest BCUT2D eigenvalue weighted by Crippen LogP contribution is -2.42. The van der Waals surface area contributed by atoms with Gasteiger partial charge >= 0.3 is 0 Å². The van der Waals surface area contributed by atoms with Gasteiger partial charge in [-0.05, 0) is 58.1 Å². The van der Waals surface area contributed by atoms with Gasteiger partial charge in [-0.3, -0.25) is 0 Å². The van der Waals surface area contributed by atoms with Gasteiger partial charge in [0.25, 0.3) is 0 Å². The SMILES string of the molecule is CCCNCc1ccc(N(C)C2CCN(C)CC2)nn1. The molecule has 0 aliphatic carbocycles. The minimum absolute atomic E-state index is 0.588. The van der Waals surface area contributed by atoms with E-state index in [2.05, 4.69) is 58.5 Å². The third-order valence-electron chi connectivity index (χ3n) is 4.04. The molecule has 1 aliphatic heterocycles. The number of rotatable bonds is 6. The maximum atomic E-state index is 4.37. The van der Waals surface area contributed by atoms with Crippen LogP contribution in [0.5, 0.6) is 0 Å². The van der Waals surface area contributed by atoms with Crippen molar-refractivity contribution in [2.24, 2.45) is 0 Å². The highest BCUT2D eigenvalue weighted by Gasteiger charge is 2.21. The molecule has 0 saturated carbocycles. The second-order valence-electron chi connectivity index (χ2n) is 5.71. The lowest BCUT2D eigenvalue weighted by molar-refractivity contribution is 0.252. The highest BCUT2D eigenvalue weighted by Crippen LogP contribution is 2.19. The molecule has 2 rings (SSSR count). The van der Waals surface area contributed by atoms with Crippen LogP contribution in [0.1, 0.15) is 31.9 Å². The predicted octanol–water partition coefficient (Wildman–Crippen LogP) is 1.51. The monoisotopic (exact) mass is 277 g/mol. The van der Waals surface area contributed by atoms with Crippen molar-refractivity contribution in [2.75, 3.05) is 38.6 Å². The molecular weight excluding hydrogens is 250 g/mol. The molecule has 5 nitrogen and oxygen atoms in total. The highest BCUT2D eigenvalue weighted by molar-refractivity contribution is 5.37. The van der Waals surface area contributed by atoms with Crippen LogP contribution in [0.15, 0.2) is 12.1 Å². The molecule has 1 aromatic heterocycles. The molecule has 0 amide bonds. The Morgan fingerprint density at radius 1 is 1.30 bits per heavy atom. The summed E-state index contributed by atoms with van der Waals surface area (Å²) in [5.74, 6) is 0.985. The van der Waals surface area contributed by atoms with Crippen LogP contribution in [0.25, 0.3) is 0 Å². The van der Waals surface area contributed by atoms with E-state index in [-0.39, 0.29) is 0 Å². The lowest BCUT2D eigenvalue weighted by atomic mass is 10.0. The Kier molecular flexibility index (Phi) is 5.73. The van der Waals surface area contributed by atoms with E-state index < -0.39 is 0 Å². The first-order chi connectivity index (χ1) is 9.70. The van der Waals surface area contributed by atoms with E-state index >= 15 is 0 Å². The third-order valence-corrected chi connectivity index (χ3v) is 4.04. The number of piperidine rings is 1. The molecule has 2 heterocycles. The molecule has 1 aromatic rings. The Balaban J connectivity index is 1.88. The quantitative estimate of drug-likeness (QED) is 0.799. The van der Waals surface area contributed by atoms with Gasteiger partial charge in [0.15, 0.2) is 5.82 Å². The minimum atomic E-state index is 0.588. The van der Waals surface area contributed by atoms with Crippen molar-refractivity contribution >= 4 is 5.82 Å². The number of anilines is 1. The summed E-state index contributed by atoms with van der Waals surface area (Å²) in [4.78, 5) is 4.67. The van der Waals surface area contributed by atoms with Gasteiger partial charge in [0.05, 0.1) is 5.69 Å². The van der Waals surface area contributed by atoms with E-state index in [0.29, 0.717) is 6.04 Å². The van der Waals surface area contributed by atoms with E-state index in [0.717, 1.165) is 31.0 Å². The largest absolute Gasteiger partial charge is 0.355 e. The third kappa shape index (κ3) is 4.15. The molecule has 112 valence electrons. The standard InChI is InChI=1S/C15H27N5/c1-4-9-16-12-13-5-6-15(18-17-13)20(3)14-7-10-19(2)11-8-14/h5-6,14,16H,4,7-12H2,1-3H3. The first-order valence-corrected chi connectivity index (χ1v) is 7.65. The maximum Gasteiger partial charge on any atom is 0.151 e. The van der Waals surface area contributed by atoms with Crippen LogP contribution < -0.4 is 10.2 Å². The first kappa shape index (κ1) is 15.2. The van der Waals surface area contributed by atoms with Crippen LogP contribution in [0.3, 0.4) is 0 Å². The fourth-order valence-electron chi connectivity index (χ4n) is 2.60. The zero-order chi connectivity index (χ0) is 14.4. The number of hydrogen-bond acceptors (Lipinski definition) is 5. The second kappa shape index (κ2) is 7.55. The summed E-state index contributed by atoms with van der Waals surface area (Å²) in [6, 6.07) is 4.76. The Bertz CT molecular complexity index is 384. The summed E-state index contributed by atoms with van der Waals surface area (Å²) in [5, 5.41) is 12.0. The van der Waals surface area contributed by atoms with Gasteiger partial charge in [-0.2, -0.15) is 5.10 Å². The van der Waals surface area contributed by atoms with Crippen molar-refractivity contribution in [3.63, 3.8) is 0 Å². The first-order valence-electron chi connectivity index (χ1n) is 7.65. The van der Waals surface area contributed by atoms with Crippen LogP contribution in [-0.2, 0) is 6.54 Å². The summed E-state index contributed by atoms with van der Waals surface area (Å²) >= 11 is 0. The van der Waals surface area contributed by atoms with Crippen molar-refractivity contribution in [2.45, 2.75) is 38.8 Å². The van der Waals surface area contributed by atoms with Crippen LogP contribution in [0.2, 0.25) is 0 Å². The highest BCUT2D eigenvalue weighted by atomic mass is 15.3. The molecule has 1 fully saturated rings. The Hall–Kier alpha value is -1.20. The number of aromatic nitrogens is 2. The van der Waals surface area contributed by atoms with Crippen molar-refractivity contribution in [1.29, 1.82) is 0 Å². The number of nitrogens with one attached hydrogen (secondary N) is 1. The second-order valence-corrected chi connectivity index (χ2v) is 5.71. The molecule has 0 spiro atoms. The van der Waals surface area contributed by atoms with E-state index in [1.54, 1.807) is 0 Å². The van der Waals surface area contributed by atoms with Gasteiger partial charge in [-0.15, -0.1) is 5.10 Å². The molecule has 0 atom stereocenters. The Morgan fingerprint density at radius 2 is 2.05 bits per heavy atom. The molecule has 0 aromatic carbocycles. The summed E-state index contributed by atoms with van der Waals surface area (Å²) in [6.45, 7) is 6.33. The van der Waals surface area contributed by atoms with Gasteiger partial charge in [-0.25, -0.2) is 0 Å². The molecule has 0 radical (unpaired) electrons. The van der Waals surface area contributed by atoms with Crippen molar-refractivity contribution in [1.82, 2.24) is 20.4 Å². The maximum absolute atomic E-state index is 4.37. The summed E-state index contributed by atoms with van der Waals surface area (Å²) in [7, 11) is 4.32. The number of likely N-dealkylation sites (tertiary alicyclic amines) is 1. The molecule has 1 aliphatic rings. The zero-order valence-corrected chi connectivity index (χ0v) is 13.0. The smallest absolute Gasteiger partial charge is 0.151 e. The number of hydrogen-bond donors (Lipinski definition) is 1. The van der Waals surface area contributed by atoms with Gasteiger partial charge < -0.3 is 15.1 Å². The van der Waals surface area contributed by atoms with Crippen LogP contribution >= 0.6 is 0 Å². The van der Waals surface area contributed by atoms with E-state index in [4.69, 9.17) is 0 Å². The summed E-state index contributed by atoms with van der Waals surface area (Å²) < 4.78 is 0.